The zero-order valence-electron chi connectivity index (χ0n) is 16.8. The number of aliphatic hydroxyl groups excluding tert-OH is 1. The van der Waals surface area contributed by atoms with Gasteiger partial charge in [-0.25, -0.2) is 0 Å². The van der Waals surface area contributed by atoms with Crippen LogP contribution in [-0.4, -0.2) is 30.9 Å². The zero-order valence-corrected chi connectivity index (χ0v) is 17.6. The van der Waals surface area contributed by atoms with Gasteiger partial charge in [0.1, 0.15) is 11.5 Å². The summed E-state index contributed by atoms with van der Waals surface area (Å²) in [7, 11) is -5.93. The summed E-state index contributed by atoms with van der Waals surface area (Å²) in [5.41, 5.74) is -6.73. The number of hydrogen-bond acceptors (Lipinski definition) is 6. The van der Waals surface area contributed by atoms with Crippen molar-refractivity contribution in [1.29, 1.82) is 5.26 Å². The number of carbonyl (C=O) groups is 1. The fourth-order valence-corrected chi connectivity index (χ4v) is 5.10. The predicted octanol–water partition coefficient (Wildman–Crippen LogP) is 3.68. The minimum Gasteiger partial charge on any atom is -0.391 e. The number of alkyl halides is 3. The van der Waals surface area contributed by atoms with Crippen LogP contribution in [0.25, 0.3) is 0 Å². The van der Waals surface area contributed by atoms with Crippen molar-refractivity contribution in [2.45, 2.75) is 65.0 Å². The topological polar surface area (TPSA) is 104 Å². The first-order valence-corrected chi connectivity index (χ1v) is 10.9. The summed E-state index contributed by atoms with van der Waals surface area (Å²) in [6.07, 6.45) is -0.530. The van der Waals surface area contributed by atoms with Crippen molar-refractivity contribution in [2.75, 3.05) is 0 Å². The first-order chi connectivity index (χ1) is 13.2. The Hall–Kier alpha value is -1.60. The van der Waals surface area contributed by atoms with E-state index in [0.717, 1.165) is 0 Å². The normalized spacial score (nSPS) is 30.6. The smallest absolute Gasteiger partial charge is 0.391 e. The molecule has 29 heavy (non-hydrogen) atoms. The quantitative estimate of drug-likeness (QED) is 0.502. The van der Waals surface area contributed by atoms with Gasteiger partial charge >= 0.3 is 15.6 Å². The van der Waals surface area contributed by atoms with Gasteiger partial charge in [0.15, 0.2) is 0 Å². The molecule has 2 rings (SSSR count). The highest BCUT2D eigenvalue weighted by molar-refractivity contribution is 7.87. The van der Waals surface area contributed by atoms with Crippen molar-refractivity contribution in [2.24, 2.45) is 29.1 Å². The molecule has 5 atom stereocenters. The third-order valence-electron chi connectivity index (χ3n) is 6.29. The van der Waals surface area contributed by atoms with Crippen LogP contribution >= 0.6 is 0 Å². The third kappa shape index (κ3) is 4.17. The number of carbonyl (C=O) groups excluding carboxylic acids is 1. The molecule has 6 nitrogen and oxygen atoms in total. The second-order valence-electron chi connectivity index (χ2n) is 8.47. The van der Waals surface area contributed by atoms with Gasteiger partial charge in [0.25, 0.3) is 0 Å². The maximum absolute atomic E-state index is 13.0. The fraction of sp³-hybridized carbons (Fsp3) is 0.789. The van der Waals surface area contributed by atoms with Crippen molar-refractivity contribution in [3.63, 3.8) is 0 Å². The second kappa shape index (κ2) is 7.91. The van der Waals surface area contributed by atoms with Crippen LogP contribution < -0.4 is 0 Å². The van der Waals surface area contributed by atoms with Gasteiger partial charge in [0.05, 0.1) is 17.6 Å². The molecule has 1 saturated carbocycles. The number of halogens is 3. The molecule has 0 aromatic carbocycles. The fourth-order valence-electron chi connectivity index (χ4n) is 4.48. The van der Waals surface area contributed by atoms with Crippen LogP contribution in [0.4, 0.5) is 13.2 Å². The summed E-state index contributed by atoms with van der Waals surface area (Å²) in [5.74, 6) is -2.98. The lowest BCUT2D eigenvalue weighted by atomic mass is 9.70. The maximum Gasteiger partial charge on any atom is 0.534 e. The van der Waals surface area contributed by atoms with Gasteiger partial charge < -0.3 is 9.29 Å². The molecule has 1 N–H and O–H groups in total. The van der Waals surface area contributed by atoms with Crippen molar-refractivity contribution in [3.8, 4) is 6.07 Å². The van der Waals surface area contributed by atoms with E-state index in [2.05, 4.69) is 10.3 Å². The molecule has 0 aromatic rings. The Morgan fingerprint density at radius 1 is 1.28 bits per heavy atom. The lowest BCUT2D eigenvalue weighted by Crippen LogP contribution is -2.44. The molecule has 10 heteroatoms. The van der Waals surface area contributed by atoms with Crippen molar-refractivity contribution in [1.82, 2.24) is 0 Å². The van der Waals surface area contributed by atoms with Crippen LogP contribution in [0.1, 0.15) is 53.4 Å². The third-order valence-corrected chi connectivity index (χ3v) is 7.25. The first kappa shape index (κ1) is 23.7. The van der Waals surface area contributed by atoms with Gasteiger partial charge in [-0.2, -0.15) is 26.9 Å². The molecule has 0 spiro atoms. The van der Waals surface area contributed by atoms with E-state index in [1.807, 2.05) is 0 Å². The number of hydrogen-bond donors (Lipinski definition) is 1. The summed E-state index contributed by atoms with van der Waals surface area (Å²) in [6, 6.07) is 2.06. The summed E-state index contributed by atoms with van der Waals surface area (Å²) >= 11 is 0. The highest BCUT2D eigenvalue weighted by Gasteiger charge is 2.57. The van der Waals surface area contributed by atoms with E-state index in [4.69, 9.17) is 0 Å². The van der Waals surface area contributed by atoms with E-state index in [9.17, 15) is 36.8 Å². The van der Waals surface area contributed by atoms with E-state index in [1.54, 1.807) is 20.8 Å². The Kier molecular flexibility index (Phi) is 6.46. The maximum atomic E-state index is 13.0. The molecule has 2 unspecified atom stereocenters. The van der Waals surface area contributed by atoms with Crippen LogP contribution in [0.15, 0.2) is 11.3 Å². The van der Waals surface area contributed by atoms with Crippen molar-refractivity contribution >= 4 is 15.9 Å². The standard InChI is InChI=1S/C19H26F3NO5S/c1-10(2)12-7-8-18(4,17(12)28-29(26,27)19(20,21)22)16(25)15-13(11(3)9-23)5-6-14(15)24/h10-11,13,15-16,25H,5-8H2,1-4H3/t11-,13-,15?,16?,18+/m0/s1. The Labute approximate surface area is 168 Å². The van der Waals surface area contributed by atoms with Crippen molar-refractivity contribution < 1.29 is 35.7 Å². The Bertz CT molecular complexity index is 843. The van der Waals surface area contributed by atoms with Gasteiger partial charge in [-0.3, -0.25) is 4.79 Å². The van der Waals surface area contributed by atoms with E-state index in [-0.39, 0.29) is 31.0 Å². The largest absolute Gasteiger partial charge is 0.534 e. The van der Waals surface area contributed by atoms with Crippen LogP contribution in [0.2, 0.25) is 0 Å². The summed E-state index contributed by atoms with van der Waals surface area (Å²) in [6.45, 7) is 6.44. The van der Waals surface area contributed by atoms with Gasteiger partial charge in [-0.05, 0) is 50.5 Å². The molecular formula is C19H26F3NO5S. The summed E-state index contributed by atoms with van der Waals surface area (Å²) in [4.78, 5) is 12.5. The molecule has 0 heterocycles. The monoisotopic (exact) mass is 437 g/mol. The second-order valence-corrected chi connectivity index (χ2v) is 10.0. The minimum absolute atomic E-state index is 0.141. The van der Waals surface area contributed by atoms with Gasteiger partial charge in [0.2, 0.25) is 0 Å². The lowest BCUT2D eigenvalue weighted by molar-refractivity contribution is -0.129. The molecule has 2 aliphatic rings. The van der Waals surface area contributed by atoms with Crippen molar-refractivity contribution in [3.05, 3.63) is 11.3 Å². The Balaban J connectivity index is 2.51. The van der Waals surface area contributed by atoms with Gasteiger partial charge in [-0.15, -0.1) is 0 Å². The van der Waals surface area contributed by atoms with Crippen LogP contribution in [0.5, 0.6) is 0 Å². The number of aliphatic hydroxyl groups is 1. The molecule has 0 radical (unpaired) electrons. The molecule has 0 saturated heterocycles. The van der Waals surface area contributed by atoms with Crippen LogP contribution in [-0.2, 0) is 19.1 Å². The molecule has 0 amide bonds. The Morgan fingerprint density at radius 3 is 2.34 bits per heavy atom. The van der Waals surface area contributed by atoms with Gasteiger partial charge in [-0.1, -0.05) is 13.8 Å². The number of nitrogens with zero attached hydrogens (tertiary/aromatic N) is 1. The lowest BCUT2D eigenvalue weighted by Gasteiger charge is -2.38. The molecular weight excluding hydrogens is 411 g/mol. The van der Waals surface area contributed by atoms with E-state index in [0.29, 0.717) is 12.0 Å². The summed E-state index contributed by atoms with van der Waals surface area (Å²) in [5, 5.41) is 20.4. The SMILES string of the molecule is CC(C)C1=C(OS(=O)(=O)C(F)(F)F)[C@@](C)(C(O)C2C(=O)CC[C@H]2[C@@H](C)C#N)CC1. The minimum atomic E-state index is -5.93. The van der Waals surface area contributed by atoms with E-state index in [1.165, 1.54) is 6.92 Å². The summed E-state index contributed by atoms with van der Waals surface area (Å²) < 4.78 is 66.9. The first-order valence-electron chi connectivity index (χ1n) is 9.52. The number of nitriles is 1. The molecule has 2 aliphatic carbocycles. The number of ketones is 1. The average Bonchev–Trinajstić information content (AvgIpc) is 3.14. The molecule has 164 valence electrons. The number of allylic oxidation sites excluding steroid dienone is 1. The highest BCUT2D eigenvalue weighted by atomic mass is 32.2. The van der Waals surface area contributed by atoms with Crippen LogP contribution in [0.3, 0.4) is 0 Å². The Morgan fingerprint density at radius 2 is 1.86 bits per heavy atom. The molecule has 0 aliphatic heterocycles. The van der Waals surface area contributed by atoms with E-state index < -0.39 is 50.7 Å². The number of Topliss-reactive ketones (excluding diaryl/α,β-unsaturated/α-hetero) is 1. The molecule has 0 aromatic heterocycles. The number of rotatable bonds is 6. The average molecular weight is 437 g/mol. The zero-order chi connectivity index (χ0) is 22.4. The highest BCUT2D eigenvalue weighted by Crippen LogP contribution is 2.53. The van der Waals surface area contributed by atoms with Gasteiger partial charge in [0, 0.05) is 18.3 Å². The molecule has 0 bridgehead atoms. The predicted molar refractivity (Wildman–Crippen MR) is 97.3 cm³/mol. The molecule has 1 fully saturated rings. The van der Waals surface area contributed by atoms with E-state index >= 15 is 0 Å². The van der Waals surface area contributed by atoms with Crippen LogP contribution in [0, 0.1) is 40.4 Å².